The molecule has 0 aromatic carbocycles. The summed E-state index contributed by atoms with van der Waals surface area (Å²) >= 11 is 0. The maximum Gasteiger partial charge on any atom is 0.227 e. The Bertz CT molecular complexity index is 696. The molecule has 1 N–H and O–H groups in total. The highest BCUT2D eigenvalue weighted by molar-refractivity contribution is 6.01. The molecule has 0 unspecified atom stereocenters. The number of aromatic nitrogens is 2. The summed E-state index contributed by atoms with van der Waals surface area (Å²) in [4.78, 5) is 29.1. The van der Waals surface area contributed by atoms with E-state index >= 15 is 0 Å². The Labute approximate surface area is 135 Å². The van der Waals surface area contributed by atoms with Gasteiger partial charge in [0.1, 0.15) is 0 Å². The van der Waals surface area contributed by atoms with Crippen LogP contribution >= 0.6 is 0 Å². The third-order valence-corrected chi connectivity index (χ3v) is 4.41. The third-order valence-electron chi connectivity index (χ3n) is 4.41. The number of rotatable bonds is 3. The molecule has 5 nitrogen and oxygen atoms in total. The summed E-state index contributed by atoms with van der Waals surface area (Å²) in [5.74, 6) is 0.663. The second kappa shape index (κ2) is 7.31. The molecule has 120 valence electrons. The molecule has 3 heterocycles. The van der Waals surface area contributed by atoms with Crippen LogP contribution in [0.3, 0.4) is 0 Å². The zero-order valence-electron chi connectivity index (χ0n) is 13.1. The van der Waals surface area contributed by atoms with E-state index in [1.54, 1.807) is 0 Å². The van der Waals surface area contributed by atoms with E-state index < -0.39 is 0 Å². The monoisotopic (exact) mass is 311 g/mol. The standard InChI is InChI=1S/C14H16N2.C4H5NO2/c1-3-11(4-1)6-8-13-9-7-12-5-2-10-15-14(12)16-13;6-3-1-2-4(7)5-3/h2,5,7,9-11H,1,3-4,6,8H2;1-2H2,(H,5,6,7). The van der Waals surface area contributed by atoms with Crippen molar-refractivity contribution in [3.8, 4) is 0 Å². The molecule has 1 aliphatic carbocycles. The molecular formula is C18H21N3O2. The second-order valence-corrected chi connectivity index (χ2v) is 6.16. The molecule has 0 spiro atoms. The van der Waals surface area contributed by atoms with E-state index in [1.165, 1.54) is 31.4 Å². The maximum atomic E-state index is 10.1. The van der Waals surface area contributed by atoms with Gasteiger partial charge in [0.05, 0.1) is 0 Å². The smallest absolute Gasteiger partial charge is 0.227 e. The third kappa shape index (κ3) is 4.34. The number of nitrogens with one attached hydrogen (secondary N) is 1. The number of amides is 2. The van der Waals surface area contributed by atoms with Crippen molar-refractivity contribution >= 4 is 22.8 Å². The molecule has 2 amide bonds. The van der Waals surface area contributed by atoms with Gasteiger partial charge in [-0.15, -0.1) is 0 Å². The minimum absolute atomic E-state index is 0.148. The molecule has 2 aliphatic rings. The predicted octanol–water partition coefficient (Wildman–Crippen LogP) is 2.79. The van der Waals surface area contributed by atoms with Crippen molar-refractivity contribution in [3.63, 3.8) is 0 Å². The average molecular weight is 311 g/mol. The van der Waals surface area contributed by atoms with Crippen molar-refractivity contribution in [2.24, 2.45) is 5.92 Å². The first-order valence-corrected chi connectivity index (χ1v) is 8.24. The Morgan fingerprint density at radius 3 is 2.48 bits per heavy atom. The summed E-state index contributed by atoms with van der Waals surface area (Å²) in [7, 11) is 0. The van der Waals surface area contributed by atoms with Crippen LogP contribution in [0, 0.1) is 5.92 Å². The number of hydrogen-bond donors (Lipinski definition) is 1. The van der Waals surface area contributed by atoms with Crippen molar-refractivity contribution in [3.05, 3.63) is 36.2 Å². The molecular weight excluding hydrogens is 290 g/mol. The van der Waals surface area contributed by atoms with Gasteiger partial charge in [0.15, 0.2) is 5.65 Å². The Balaban J connectivity index is 0.000000188. The Morgan fingerprint density at radius 2 is 1.87 bits per heavy atom. The lowest BCUT2D eigenvalue weighted by atomic mass is 9.82. The van der Waals surface area contributed by atoms with E-state index in [2.05, 4.69) is 33.5 Å². The summed E-state index contributed by atoms with van der Waals surface area (Å²) in [6.07, 6.45) is 9.24. The first-order valence-electron chi connectivity index (χ1n) is 8.24. The van der Waals surface area contributed by atoms with Crippen molar-refractivity contribution < 1.29 is 9.59 Å². The van der Waals surface area contributed by atoms with Crippen LogP contribution in [-0.4, -0.2) is 21.8 Å². The van der Waals surface area contributed by atoms with Crippen LogP contribution in [0.4, 0.5) is 0 Å². The van der Waals surface area contributed by atoms with Crippen molar-refractivity contribution in [1.29, 1.82) is 0 Å². The van der Waals surface area contributed by atoms with Crippen molar-refractivity contribution in [1.82, 2.24) is 15.3 Å². The minimum atomic E-state index is -0.148. The summed E-state index contributed by atoms with van der Waals surface area (Å²) in [5, 5.41) is 3.27. The number of fused-ring (bicyclic) bond motifs is 1. The maximum absolute atomic E-state index is 10.1. The van der Waals surface area contributed by atoms with E-state index in [-0.39, 0.29) is 11.8 Å². The first-order chi connectivity index (χ1) is 11.2. The van der Waals surface area contributed by atoms with Crippen LogP contribution in [0.1, 0.15) is 44.2 Å². The molecule has 0 radical (unpaired) electrons. The van der Waals surface area contributed by atoms with Gasteiger partial charge in [0.2, 0.25) is 11.8 Å². The van der Waals surface area contributed by atoms with Crippen LogP contribution in [0.15, 0.2) is 30.5 Å². The number of carbonyl (C=O) groups is 2. The SMILES string of the molecule is O=C1CCC(=O)N1.c1cnc2nc(CCC3CCC3)ccc2c1. The molecule has 2 aromatic rings. The summed E-state index contributed by atoms with van der Waals surface area (Å²) in [6, 6.07) is 8.29. The van der Waals surface area contributed by atoms with Gasteiger partial charge in [0, 0.05) is 30.1 Å². The number of carbonyl (C=O) groups excluding carboxylic acids is 2. The van der Waals surface area contributed by atoms with Gasteiger partial charge in [-0.1, -0.05) is 19.3 Å². The quantitative estimate of drug-likeness (QED) is 0.885. The van der Waals surface area contributed by atoms with E-state index in [0.717, 1.165) is 23.4 Å². The lowest BCUT2D eigenvalue weighted by Crippen LogP contribution is -2.18. The largest absolute Gasteiger partial charge is 0.296 e. The lowest BCUT2D eigenvalue weighted by molar-refractivity contribution is -0.124. The second-order valence-electron chi connectivity index (χ2n) is 6.16. The summed E-state index contributed by atoms with van der Waals surface area (Å²) in [6.45, 7) is 0. The van der Waals surface area contributed by atoms with Crippen molar-refractivity contribution in [2.45, 2.75) is 44.9 Å². The number of imide groups is 1. The highest BCUT2D eigenvalue weighted by Crippen LogP contribution is 2.30. The van der Waals surface area contributed by atoms with Crippen LogP contribution in [0.2, 0.25) is 0 Å². The van der Waals surface area contributed by atoms with E-state index in [1.807, 2.05) is 12.3 Å². The molecule has 0 bridgehead atoms. The fourth-order valence-electron chi connectivity index (χ4n) is 2.77. The molecule has 2 aromatic heterocycles. The van der Waals surface area contributed by atoms with Gasteiger partial charge < -0.3 is 0 Å². The lowest BCUT2D eigenvalue weighted by Gasteiger charge is -2.24. The summed E-state index contributed by atoms with van der Waals surface area (Å²) in [5.41, 5.74) is 2.08. The van der Waals surface area contributed by atoms with Gasteiger partial charge in [-0.3, -0.25) is 14.9 Å². The topological polar surface area (TPSA) is 72.0 Å². The Hall–Kier alpha value is -2.30. The van der Waals surface area contributed by atoms with Gasteiger partial charge in [-0.25, -0.2) is 9.97 Å². The van der Waals surface area contributed by atoms with Gasteiger partial charge >= 0.3 is 0 Å². The minimum Gasteiger partial charge on any atom is -0.296 e. The molecule has 1 saturated heterocycles. The van der Waals surface area contributed by atoms with Crippen LogP contribution in [-0.2, 0) is 16.0 Å². The van der Waals surface area contributed by atoms with E-state index in [0.29, 0.717) is 12.8 Å². The van der Waals surface area contributed by atoms with Crippen LogP contribution in [0.25, 0.3) is 11.0 Å². The zero-order chi connectivity index (χ0) is 16.1. The van der Waals surface area contributed by atoms with Gasteiger partial charge in [-0.05, 0) is 43.0 Å². The van der Waals surface area contributed by atoms with E-state index in [4.69, 9.17) is 0 Å². The molecule has 1 saturated carbocycles. The number of pyridine rings is 2. The number of aryl methyl sites for hydroxylation is 1. The summed E-state index contributed by atoms with van der Waals surface area (Å²) < 4.78 is 0. The molecule has 23 heavy (non-hydrogen) atoms. The Kier molecular flexibility index (Phi) is 4.95. The fraction of sp³-hybridized carbons (Fsp3) is 0.444. The molecule has 4 rings (SSSR count). The van der Waals surface area contributed by atoms with Gasteiger partial charge in [-0.2, -0.15) is 0 Å². The van der Waals surface area contributed by atoms with Gasteiger partial charge in [0.25, 0.3) is 0 Å². The van der Waals surface area contributed by atoms with Crippen LogP contribution in [0.5, 0.6) is 0 Å². The average Bonchev–Trinajstić information content (AvgIpc) is 2.89. The van der Waals surface area contributed by atoms with Crippen LogP contribution < -0.4 is 5.32 Å². The first kappa shape index (κ1) is 15.6. The molecule has 5 heteroatoms. The molecule has 2 fully saturated rings. The molecule has 0 atom stereocenters. The predicted molar refractivity (Wildman–Crippen MR) is 87.6 cm³/mol. The fourth-order valence-corrected chi connectivity index (χ4v) is 2.77. The highest BCUT2D eigenvalue weighted by Gasteiger charge is 2.17. The highest BCUT2D eigenvalue weighted by atomic mass is 16.2. The zero-order valence-corrected chi connectivity index (χ0v) is 13.1. The van der Waals surface area contributed by atoms with Crippen molar-refractivity contribution in [2.75, 3.05) is 0 Å². The normalized spacial score (nSPS) is 17.4. The number of hydrogen-bond acceptors (Lipinski definition) is 4. The Morgan fingerprint density at radius 1 is 1.09 bits per heavy atom. The number of nitrogens with zero attached hydrogens (tertiary/aromatic N) is 2. The molecule has 1 aliphatic heterocycles. The van der Waals surface area contributed by atoms with E-state index in [9.17, 15) is 9.59 Å².